The normalized spacial score (nSPS) is 49.1. The molecule has 2 N–H and O–H groups in total. The molecule has 3 heteroatoms. The number of hydrogen-bond acceptors (Lipinski definition) is 3. The number of hydrogen-bond donors (Lipinski definition) is 2. The molecule has 0 aromatic heterocycles. The van der Waals surface area contributed by atoms with Crippen molar-refractivity contribution in [2.24, 2.45) is 35.0 Å². The highest BCUT2D eigenvalue weighted by atomic mass is 16.3. The molecule has 3 rings (SSSR count). The first-order valence-corrected chi connectivity index (χ1v) is 5.87. The van der Waals surface area contributed by atoms with Crippen LogP contribution >= 0.6 is 0 Å². The Morgan fingerprint density at radius 3 is 2.53 bits per heavy atom. The predicted molar refractivity (Wildman–Crippen MR) is 54.0 cm³/mol. The maximum atomic E-state index is 11.4. The van der Waals surface area contributed by atoms with E-state index in [0.29, 0.717) is 29.5 Å². The quantitative estimate of drug-likeness (QED) is 0.711. The van der Waals surface area contributed by atoms with Crippen molar-refractivity contribution in [3.05, 3.63) is 0 Å². The lowest BCUT2D eigenvalue weighted by Gasteiger charge is -2.33. The van der Waals surface area contributed by atoms with Crippen LogP contribution in [0.3, 0.4) is 0 Å². The van der Waals surface area contributed by atoms with Gasteiger partial charge in [-0.3, -0.25) is 4.79 Å². The maximum Gasteiger partial charge on any atom is 0.133 e. The molecule has 15 heavy (non-hydrogen) atoms. The topological polar surface area (TPSA) is 57.5 Å². The zero-order valence-electron chi connectivity index (χ0n) is 9.02. The van der Waals surface area contributed by atoms with Crippen LogP contribution in [0.1, 0.15) is 19.8 Å². The van der Waals surface area contributed by atoms with Crippen molar-refractivity contribution in [3.8, 4) is 0 Å². The van der Waals surface area contributed by atoms with Gasteiger partial charge in [0.25, 0.3) is 0 Å². The Morgan fingerprint density at radius 2 is 2.00 bits per heavy atom. The average molecular weight is 210 g/mol. The number of ketones is 1. The van der Waals surface area contributed by atoms with Crippen molar-refractivity contribution in [1.82, 2.24) is 0 Å². The van der Waals surface area contributed by atoms with E-state index in [9.17, 15) is 15.0 Å². The highest BCUT2D eigenvalue weighted by Crippen LogP contribution is 2.74. The Labute approximate surface area is 89.5 Å². The standard InChI is InChI=1S/C12H18O3/c1-6(15)9-10-7-2-8(11(9)10)12(3-7,4-13)5-14/h7-11,13-14H,2-5H2,1H3/t7-,8-,9-,10?,11?/m1/s1. The molecule has 0 radical (unpaired) electrons. The van der Waals surface area contributed by atoms with Crippen molar-refractivity contribution in [2.45, 2.75) is 19.8 Å². The van der Waals surface area contributed by atoms with E-state index in [4.69, 9.17) is 0 Å². The fourth-order valence-electron chi connectivity index (χ4n) is 4.63. The van der Waals surface area contributed by atoms with Crippen LogP contribution in [0.15, 0.2) is 0 Å². The molecule has 3 aliphatic rings. The highest BCUT2D eigenvalue weighted by Gasteiger charge is 2.72. The molecule has 5 atom stereocenters. The SMILES string of the molecule is CC(=O)[C@@H]1C2C1[C@H]1C[C@@H]2CC1(CO)CO. The van der Waals surface area contributed by atoms with Crippen molar-refractivity contribution in [1.29, 1.82) is 0 Å². The number of Topliss-reactive ketones (excluding diaryl/α,β-unsaturated/α-hetero) is 1. The van der Waals surface area contributed by atoms with Crippen LogP contribution in [0.4, 0.5) is 0 Å². The van der Waals surface area contributed by atoms with Gasteiger partial charge in [-0.2, -0.15) is 0 Å². The van der Waals surface area contributed by atoms with E-state index in [1.807, 2.05) is 0 Å². The summed E-state index contributed by atoms with van der Waals surface area (Å²) in [5.74, 6) is 2.64. The van der Waals surface area contributed by atoms with E-state index < -0.39 is 0 Å². The second-order valence-corrected chi connectivity index (χ2v) is 5.78. The van der Waals surface area contributed by atoms with Crippen LogP contribution in [-0.2, 0) is 4.79 Å². The molecule has 0 aliphatic heterocycles. The van der Waals surface area contributed by atoms with Gasteiger partial charge >= 0.3 is 0 Å². The monoisotopic (exact) mass is 210 g/mol. The number of carbonyl (C=O) groups is 1. The molecule has 0 aromatic rings. The summed E-state index contributed by atoms with van der Waals surface area (Å²) in [5.41, 5.74) is -0.268. The Bertz CT molecular complexity index is 308. The zero-order chi connectivity index (χ0) is 10.8. The summed E-state index contributed by atoms with van der Waals surface area (Å²) in [6.45, 7) is 1.85. The van der Waals surface area contributed by atoms with Crippen LogP contribution in [0.2, 0.25) is 0 Å². The van der Waals surface area contributed by atoms with Crippen LogP contribution in [0.5, 0.6) is 0 Å². The summed E-state index contributed by atoms with van der Waals surface area (Å²) >= 11 is 0. The van der Waals surface area contributed by atoms with Gasteiger partial charge in [-0.25, -0.2) is 0 Å². The largest absolute Gasteiger partial charge is 0.396 e. The fourth-order valence-corrected chi connectivity index (χ4v) is 4.63. The molecular formula is C12H18O3. The van der Waals surface area contributed by atoms with Crippen LogP contribution < -0.4 is 0 Å². The first kappa shape index (κ1) is 9.79. The van der Waals surface area contributed by atoms with E-state index in [1.54, 1.807) is 6.92 Å². The fraction of sp³-hybridized carbons (Fsp3) is 0.917. The first-order valence-electron chi connectivity index (χ1n) is 5.87. The van der Waals surface area contributed by atoms with E-state index in [2.05, 4.69) is 0 Å². The molecule has 3 saturated carbocycles. The number of rotatable bonds is 3. The Balaban J connectivity index is 1.86. The van der Waals surface area contributed by atoms with Crippen LogP contribution in [-0.4, -0.2) is 29.2 Å². The number of fused-ring (bicyclic) bond motifs is 5. The molecule has 0 aromatic carbocycles. The van der Waals surface area contributed by atoms with Gasteiger partial charge in [-0.15, -0.1) is 0 Å². The Kier molecular flexibility index (Phi) is 1.85. The average Bonchev–Trinajstić information content (AvgIpc) is 2.76. The minimum Gasteiger partial charge on any atom is -0.396 e. The van der Waals surface area contributed by atoms with Gasteiger partial charge in [0.15, 0.2) is 0 Å². The number of aliphatic hydroxyl groups is 2. The molecule has 3 fully saturated rings. The molecular weight excluding hydrogens is 192 g/mol. The summed E-state index contributed by atoms with van der Waals surface area (Å²) in [6, 6.07) is 0. The van der Waals surface area contributed by atoms with Gasteiger partial charge in [0.05, 0.1) is 13.2 Å². The predicted octanol–water partition coefficient (Wildman–Crippen LogP) is 0.448. The van der Waals surface area contributed by atoms with Gasteiger partial charge in [0.1, 0.15) is 5.78 Å². The maximum absolute atomic E-state index is 11.4. The van der Waals surface area contributed by atoms with Crippen LogP contribution in [0.25, 0.3) is 0 Å². The summed E-state index contributed by atoms with van der Waals surface area (Å²) in [6.07, 6.45) is 2.05. The lowest BCUT2D eigenvalue weighted by molar-refractivity contribution is -0.119. The number of aliphatic hydroxyl groups excluding tert-OH is 2. The molecule has 3 aliphatic carbocycles. The lowest BCUT2D eigenvalue weighted by Crippen LogP contribution is -2.36. The summed E-state index contributed by atoms with van der Waals surface area (Å²) in [5, 5.41) is 18.9. The summed E-state index contributed by atoms with van der Waals surface area (Å²) < 4.78 is 0. The van der Waals surface area contributed by atoms with E-state index in [0.717, 1.165) is 12.8 Å². The minimum atomic E-state index is -0.268. The van der Waals surface area contributed by atoms with Gasteiger partial charge in [-0.1, -0.05) is 0 Å². The third-order valence-corrected chi connectivity index (χ3v) is 5.25. The Hall–Kier alpha value is -0.410. The van der Waals surface area contributed by atoms with Gasteiger partial charge < -0.3 is 10.2 Å². The molecule has 2 unspecified atom stereocenters. The zero-order valence-corrected chi connectivity index (χ0v) is 9.02. The van der Waals surface area contributed by atoms with Crippen molar-refractivity contribution in [2.75, 3.05) is 13.2 Å². The van der Waals surface area contributed by atoms with Gasteiger partial charge in [0.2, 0.25) is 0 Å². The highest BCUT2D eigenvalue weighted by molar-refractivity contribution is 5.82. The molecule has 0 heterocycles. The minimum absolute atomic E-state index is 0.0819. The third-order valence-electron chi connectivity index (χ3n) is 5.25. The molecule has 3 nitrogen and oxygen atoms in total. The third kappa shape index (κ3) is 1.01. The molecule has 0 saturated heterocycles. The van der Waals surface area contributed by atoms with Gasteiger partial charge in [0, 0.05) is 11.3 Å². The molecule has 2 bridgehead atoms. The van der Waals surface area contributed by atoms with Crippen molar-refractivity contribution in [3.63, 3.8) is 0 Å². The van der Waals surface area contributed by atoms with E-state index >= 15 is 0 Å². The van der Waals surface area contributed by atoms with Crippen molar-refractivity contribution >= 4 is 5.78 Å². The molecule has 84 valence electrons. The van der Waals surface area contributed by atoms with Crippen molar-refractivity contribution < 1.29 is 15.0 Å². The molecule has 0 amide bonds. The smallest absolute Gasteiger partial charge is 0.133 e. The second-order valence-electron chi connectivity index (χ2n) is 5.78. The Morgan fingerprint density at radius 1 is 1.33 bits per heavy atom. The van der Waals surface area contributed by atoms with Crippen LogP contribution in [0, 0.1) is 35.0 Å². The summed E-state index contributed by atoms with van der Waals surface area (Å²) in [7, 11) is 0. The van der Waals surface area contributed by atoms with E-state index in [1.165, 1.54) is 0 Å². The molecule has 0 spiro atoms. The summed E-state index contributed by atoms with van der Waals surface area (Å²) in [4.78, 5) is 11.4. The number of carbonyl (C=O) groups excluding carboxylic acids is 1. The van der Waals surface area contributed by atoms with E-state index in [-0.39, 0.29) is 24.5 Å². The lowest BCUT2D eigenvalue weighted by atomic mass is 9.74. The van der Waals surface area contributed by atoms with Gasteiger partial charge in [-0.05, 0) is 43.4 Å². The second kappa shape index (κ2) is 2.83. The first-order chi connectivity index (χ1) is 7.14.